The Bertz CT molecular complexity index is 287. The van der Waals surface area contributed by atoms with Gasteiger partial charge in [0.1, 0.15) is 0 Å². The minimum atomic E-state index is -0.817. The van der Waals surface area contributed by atoms with E-state index < -0.39 is 5.97 Å². The summed E-state index contributed by atoms with van der Waals surface area (Å²) in [5.41, 5.74) is 0. The van der Waals surface area contributed by atoms with Crippen LogP contribution in [0.5, 0.6) is 0 Å². The van der Waals surface area contributed by atoms with Gasteiger partial charge in [0.15, 0.2) is 0 Å². The van der Waals surface area contributed by atoms with E-state index in [1.54, 1.807) is 0 Å². The van der Waals surface area contributed by atoms with Crippen molar-refractivity contribution in [2.24, 2.45) is 0 Å². The van der Waals surface area contributed by atoms with Gasteiger partial charge in [0.05, 0.1) is 6.42 Å². The van der Waals surface area contributed by atoms with Gasteiger partial charge in [-0.2, -0.15) is 0 Å². The van der Waals surface area contributed by atoms with Crippen LogP contribution in [-0.2, 0) is 11.2 Å². The van der Waals surface area contributed by atoms with E-state index in [0.717, 1.165) is 0 Å². The van der Waals surface area contributed by atoms with Crippen molar-refractivity contribution in [3.63, 3.8) is 0 Å². The molecule has 0 aliphatic heterocycles. The van der Waals surface area contributed by atoms with Crippen LogP contribution < -0.4 is 0 Å². The largest absolute Gasteiger partial charge is 0.481 e. The zero-order valence-corrected chi connectivity index (χ0v) is 8.00. The highest BCUT2D eigenvalue weighted by Crippen LogP contribution is 2.16. The topological polar surface area (TPSA) is 76.2 Å². The minimum absolute atomic E-state index is 0.106. The zero-order valence-electron chi connectivity index (χ0n) is 7.19. The van der Waals surface area contributed by atoms with E-state index in [4.69, 9.17) is 9.52 Å². The van der Waals surface area contributed by atoms with Crippen molar-refractivity contribution in [2.75, 3.05) is 5.75 Å². The van der Waals surface area contributed by atoms with Crippen molar-refractivity contribution in [1.29, 1.82) is 0 Å². The fourth-order valence-corrected chi connectivity index (χ4v) is 1.37. The van der Waals surface area contributed by atoms with Crippen LogP contribution in [0, 0.1) is 0 Å². The van der Waals surface area contributed by atoms with Crippen molar-refractivity contribution >= 4 is 17.7 Å². The predicted molar refractivity (Wildman–Crippen MR) is 46.7 cm³/mol. The normalized spacial score (nSPS) is 10.2. The van der Waals surface area contributed by atoms with Gasteiger partial charge in [-0.05, 0) is 0 Å². The number of aliphatic carboxylic acids is 1. The molecule has 0 saturated heterocycles. The highest BCUT2D eigenvalue weighted by atomic mass is 32.2. The summed E-state index contributed by atoms with van der Waals surface area (Å²) in [6, 6.07) is 0. The van der Waals surface area contributed by atoms with Crippen molar-refractivity contribution in [2.45, 2.75) is 25.0 Å². The lowest BCUT2D eigenvalue weighted by molar-refractivity contribution is -0.136. The third-order valence-corrected chi connectivity index (χ3v) is 2.11. The van der Waals surface area contributed by atoms with Crippen LogP contribution in [0.3, 0.4) is 0 Å². The minimum Gasteiger partial charge on any atom is -0.481 e. The van der Waals surface area contributed by atoms with Crippen LogP contribution in [-0.4, -0.2) is 27.0 Å². The smallest absolute Gasteiger partial charge is 0.304 e. The SMILES string of the molecule is CCc1nnc(SCCC(=O)O)o1. The van der Waals surface area contributed by atoms with E-state index in [1.807, 2.05) is 6.92 Å². The van der Waals surface area contributed by atoms with Gasteiger partial charge in [-0.3, -0.25) is 4.79 Å². The molecule has 5 nitrogen and oxygen atoms in total. The average molecular weight is 202 g/mol. The van der Waals surface area contributed by atoms with Crippen LogP contribution in [0.1, 0.15) is 19.2 Å². The molecular weight excluding hydrogens is 192 g/mol. The summed E-state index contributed by atoms with van der Waals surface area (Å²) in [4.78, 5) is 10.2. The average Bonchev–Trinajstić information content (AvgIpc) is 2.52. The number of aromatic nitrogens is 2. The molecule has 0 bridgehead atoms. The highest BCUT2D eigenvalue weighted by Gasteiger charge is 2.05. The molecule has 1 rings (SSSR count). The van der Waals surface area contributed by atoms with Gasteiger partial charge in [-0.1, -0.05) is 18.7 Å². The predicted octanol–water partition coefficient (Wildman–Crippen LogP) is 1.20. The lowest BCUT2D eigenvalue weighted by Crippen LogP contribution is -1.95. The van der Waals surface area contributed by atoms with Crippen LogP contribution in [0.4, 0.5) is 0 Å². The van der Waals surface area contributed by atoms with E-state index in [-0.39, 0.29) is 6.42 Å². The van der Waals surface area contributed by atoms with Crippen molar-refractivity contribution in [3.05, 3.63) is 5.89 Å². The van der Waals surface area contributed by atoms with E-state index in [2.05, 4.69) is 10.2 Å². The fourth-order valence-electron chi connectivity index (χ4n) is 0.665. The third-order valence-electron chi connectivity index (χ3n) is 1.29. The number of thioether (sulfide) groups is 1. The van der Waals surface area contributed by atoms with E-state index in [9.17, 15) is 4.79 Å². The quantitative estimate of drug-likeness (QED) is 0.723. The maximum Gasteiger partial charge on any atom is 0.304 e. The summed E-state index contributed by atoms with van der Waals surface area (Å²) in [5.74, 6) is 0.223. The summed E-state index contributed by atoms with van der Waals surface area (Å²) in [6.07, 6.45) is 0.807. The molecule has 13 heavy (non-hydrogen) atoms. The molecule has 6 heteroatoms. The Labute approximate surface area is 79.5 Å². The van der Waals surface area contributed by atoms with Gasteiger partial charge >= 0.3 is 5.97 Å². The Morgan fingerprint density at radius 1 is 1.62 bits per heavy atom. The molecule has 1 heterocycles. The molecule has 0 radical (unpaired) electrons. The second-order valence-corrected chi connectivity index (χ2v) is 3.35. The summed E-state index contributed by atoms with van der Waals surface area (Å²) in [6.45, 7) is 1.92. The first-order valence-corrected chi connectivity index (χ1v) is 4.88. The fraction of sp³-hybridized carbons (Fsp3) is 0.571. The first-order chi connectivity index (χ1) is 6.22. The van der Waals surface area contributed by atoms with E-state index in [1.165, 1.54) is 11.8 Å². The molecule has 0 aliphatic carbocycles. The molecule has 0 spiro atoms. The number of carboxylic acids is 1. The third kappa shape index (κ3) is 3.45. The lowest BCUT2D eigenvalue weighted by Gasteiger charge is -1.90. The molecule has 1 N–H and O–H groups in total. The summed E-state index contributed by atoms with van der Waals surface area (Å²) in [5, 5.41) is 16.3. The van der Waals surface area contributed by atoms with Gasteiger partial charge in [-0.15, -0.1) is 10.2 Å². The van der Waals surface area contributed by atoms with Crippen molar-refractivity contribution in [3.8, 4) is 0 Å². The van der Waals surface area contributed by atoms with Gasteiger partial charge in [0, 0.05) is 12.2 Å². The molecule has 1 aromatic rings. The number of nitrogens with zero attached hydrogens (tertiary/aromatic N) is 2. The Balaban J connectivity index is 2.32. The maximum atomic E-state index is 10.2. The van der Waals surface area contributed by atoms with Gasteiger partial charge < -0.3 is 9.52 Å². The first-order valence-electron chi connectivity index (χ1n) is 3.89. The highest BCUT2D eigenvalue weighted by molar-refractivity contribution is 7.99. The van der Waals surface area contributed by atoms with Crippen LogP contribution >= 0.6 is 11.8 Å². The monoisotopic (exact) mass is 202 g/mol. The molecular formula is C7H10N2O3S. The van der Waals surface area contributed by atoms with Crippen LogP contribution in [0.15, 0.2) is 9.64 Å². The van der Waals surface area contributed by atoms with Gasteiger partial charge in [0.25, 0.3) is 5.22 Å². The lowest BCUT2D eigenvalue weighted by atomic mass is 10.5. The Kier molecular flexibility index (Phi) is 3.75. The number of hydrogen-bond acceptors (Lipinski definition) is 5. The maximum absolute atomic E-state index is 10.2. The molecule has 0 atom stereocenters. The molecule has 1 aromatic heterocycles. The standard InChI is InChI=1S/C7H10N2O3S/c1-2-5-8-9-7(12-5)13-4-3-6(10)11/h2-4H2,1H3,(H,10,11). The first kappa shape index (κ1) is 10.0. The summed E-state index contributed by atoms with van der Waals surface area (Å²) < 4.78 is 5.16. The molecule has 0 aliphatic rings. The second-order valence-electron chi connectivity index (χ2n) is 2.31. The summed E-state index contributed by atoms with van der Waals surface area (Å²) in [7, 11) is 0. The van der Waals surface area contributed by atoms with Crippen LogP contribution in [0.2, 0.25) is 0 Å². The number of aryl methyl sites for hydroxylation is 1. The van der Waals surface area contributed by atoms with Gasteiger partial charge in [-0.25, -0.2) is 0 Å². The Morgan fingerprint density at radius 2 is 2.38 bits per heavy atom. The second kappa shape index (κ2) is 4.86. The van der Waals surface area contributed by atoms with Crippen LogP contribution in [0.25, 0.3) is 0 Å². The molecule has 0 saturated carbocycles. The van der Waals surface area contributed by atoms with E-state index >= 15 is 0 Å². The molecule has 0 fully saturated rings. The molecule has 0 aromatic carbocycles. The number of rotatable bonds is 5. The molecule has 0 amide bonds. The molecule has 0 unspecified atom stereocenters. The molecule has 72 valence electrons. The number of hydrogen-bond donors (Lipinski definition) is 1. The number of carbonyl (C=O) groups is 1. The number of carboxylic acid groups (broad SMARTS) is 1. The van der Waals surface area contributed by atoms with E-state index in [0.29, 0.717) is 23.3 Å². The Morgan fingerprint density at radius 3 is 2.92 bits per heavy atom. The summed E-state index contributed by atoms with van der Waals surface area (Å²) >= 11 is 1.26. The van der Waals surface area contributed by atoms with Gasteiger partial charge in [0.2, 0.25) is 5.89 Å². The Hall–Kier alpha value is -1.04. The zero-order chi connectivity index (χ0) is 9.68. The van der Waals surface area contributed by atoms with Crippen molar-refractivity contribution in [1.82, 2.24) is 10.2 Å². The van der Waals surface area contributed by atoms with Crippen molar-refractivity contribution < 1.29 is 14.3 Å².